The molecule has 0 aliphatic rings. The molecule has 7 heteroatoms. The molecule has 0 aromatic heterocycles. The van der Waals surface area contributed by atoms with Gasteiger partial charge in [-0.2, -0.15) is 0 Å². The molecule has 0 saturated carbocycles. The van der Waals surface area contributed by atoms with Gasteiger partial charge in [-0.1, -0.05) is 29.3 Å². The third-order valence-corrected chi connectivity index (χ3v) is 4.48. The molecule has 0 fully saturated rings. The Labute approximate surface area is 127 Å². The van der Waals surface area contributed by atoms with Gasteiger partial charge in [-0.3, -0.25) is 4.72 Å². The van der Waals surface area contributed by atoms with Crippen LogP contribution in [0.3, 0.4) is 0 Å². The molecule has 2 aromatic rings. The summed E-state index contributed by atoms with van der Waals surface area (Å²) in [5.41, 5.74) is 0.727. The number of hydrogen-bond donors (Lipinski definition) is 2. The topological polar surface area (TPSA) is 66.4 Å². The summed E-state index contributed by atoms with van der Waals surface area (Å²) in [6.07, 6.45) is 0. The average Bonchev–Trinajstić information content (AvgIpc) is 2.33. The van der Waals surface area contributed by atoms with Crippen LogP contribution in [-0.4, -0.2) is 13.5 Å². The number of phenols is 1. The van der Waals surface area contributed by atoms with Crippen molar-refractivity contribution < 1.29 is 13.5 Å². The van der Waals surface area contributed by atoms with Gasteiger partial charge in [0.15, 0.2) is 0 Å². The summed E-state index contributed by atoms with van der Waals surface area (Å²) in [6.45, 7) is 1.61. The second kappa shape index (κ2) is 5.52. The molecule has 0 spiro atoms. The summed E-state index contributed by atoms with van der Waals surface area (Å²) in [7, 11) is -3.83. The molecular weight excluding hydrogens is 321 g/mol. The predicted octanol–water partition coefficient (Wildman–Crippen LogP) is 3.81. The van der Waals surface area contributed by atoms with Crippen LogP contribution >= 0.6 is 23.2 Å². The quantitative estimate of drug-likeness (QED) is 0.898. The second-order valence-electron chi connectivity index (χ2n) is 4.16. The molecule has 0 saturated heterocycles. The van der Waals surface area contributed by atoms with Crippen LogP contribution in [0.2, 0.25) is 10.0 Å². The van der Waals surface area contributed by atoms with E-state index in [-0.39, 0.29) is 20.7 Å². The van der Waals surface area contributed by atoms with Crippen LogP contribution < -0.4 is 4.72 Å². The predicted molar refractivity (Wildman–Crippen MR) is 80.1 cm³/mol. The lowest BCUT2D eigenvalue weighted by molar-refractivity contribution is 0.471. The number of hydrogen-bond acceptors (Lipinski definition) is 3. The van der Waals surface area contributed by atoms with Gasteiger partial charge in [0.25, 0.3) is 10.0 Å². The molecule has 0 aliphatic heterocycles. The number of aromatic hydroxyl groups is 1. The zero-order chi connectivity index (χ0) is 14.9. The van der Waals surface area contributed by atoms with Crippen molar-refractivity contribution in [2.75, 3.05) is 4.72 Å². The Hall–Kier alpha value is -1.43. The van der Waals surface area contributed by atoms with Gasteiger partial charge in [0.1, 0.15) is 5.75 Å². The molecule has 2 rings (SSSR count). The summed E-state index contributed by atoms with van der Waals surface area (Å²) in [6, 6.07) is 8.62. The van der Waals surface area contributed by atoms with E-state index < -0.39 is 10.0 Å². The number of halogens is 2. The molecule has 2 N–H and O–H groups in total. The van der Waals surface area contributed by atoms with Crippen molar-refractivity contribution in [3.05, 3.63) is 52.0 Å². The van der Waals surface area contributed by atoms with Crippen molar-refractivity contribution in [1.29, 1.82) is 0 Å². The van der Waals surface area contributed by atoms with E-state index in [0.717, 1.165) is 0 Å². The minimum atomic E-state index is -3.83. The fraction of sp³-hybridized carbons (Fsp3) is 0.0769. The number of nitrogens with one attached hydrogen (secondary N) is 1. The summed E-state index contributed by atoms with van der Waals surface area (Å²) in [5, 5.41) is 10.0. The molecule has 0 radical (unpaired) electrons. The second-order valence-corrected chi connectivity index (χ2v) is 6.72. The third-order valence-electron chi connectivity index (χ3n) is 2.70. The van der Waals surface area contributed by atoms with Crippen molar-refractivity contribution in [2.45, 2.75) is 11.8 Å². The highest BCUT2D eigenvalue weighted by Gasteiger charge is 2.17. The van der Waals surface area contributed by atoms with Gasteiger partial charge in [0, 0.05) is 15.6 Å². The molecule has 4 nitrogen and oxygen atoms in total. The fourth-order valence-corrected chi connectivity index (χ4v) is 3.47. The highest BCUT2D eigenvalue weighted by molar-refractivity contribution is 7.92. The van der Waals surface area contributed by atoms with Crippen LogP contribution in [0.1, 0.15) is 5.56 Å². The molecule has 0 heterocycles. The van der Waals surface area contributed by atoms with Crippen molar-refractivity contribution >= 4 is 38.9 Å². The summed E-state index contributed by atoms with van der Waals surface area (Å²) in [4.78, 5) is -0.0438. The molecule has 0 amide bonds. The van der Waals surface area contributed by atoms with Crippen LogP contribution in [0.25, 0.3) is 0 Å². The SMILES string of the molecule is Cc1c(O)cccc1NS(=O)(=O)c1cc(Cl)cc(Cl)c1. The van der Waals surface area contributed by atoms with E-state index in [1.807, 2.05) is 0 Å². The fourth-order valence-electron chi connectivity index (χ4n) is 1.62. The summed E-state index contributed by atoms with van der Waals surface area (Å²) in [5.74, 6) is 0.00864. The molecule has 0 aliphatic carbocycles. The van der Waals surface area contributed by atoms with Gasteiger partial charge in [-0.15, -0.1) is 0 Å². The lowest BCUT2D eigenvalue weighted by atomic mass is 10.2. The smallest absolute Gasteiger partial charge is 0.262 e. The highest BCUT2D eigenvalue weighted by atomic mass is 35.5. The van der Waals surface area contributed by atoms with Crippen molar-refractivity contribution in [3.8, 4) is 5.75 Å². The molecule has 0 unspecified atom stereocenters. The van der Waals surface area contributed by atoms with Gasteiger partial charge < -0.3 is 5.11 Å². The lowest BCUT2D eigenvalue weighted by Gasteiger charge is -2.11. The molecular formula is C13H11Cl2NO3S. The first-order chi connectivity index (χ1) is 9.29. The Morgan fingerprint density at radius 2 is 1.70 bits per heavy atom. The van der Waals surface area contributed by atoms with Crippen LogP contribution in [-0.2, 0) is 10.0 Å². The molecule has 0 bridgehead atoms. The standard InChI is InChI=1S/C13H11Cl2NO3S/c1-8-12(3-2-4-13(8)17)16-20(18,19)11-6-9(14)5-10(15)7-11/h2-7,16-17H,1H3. The number of phenolic OH excluding ortho intramolecular Hbond substituents is 1. The van der Waals surface area contributed by atoms with Crippen LogP contribution in [0.15, 0.2) is 41.3 Å². The van der Waals surface area contributed by atoms with Crippen molar-refractivity contribution in [3.63, 3.8) is 0 Å². The number of rotatable bonds is 3. The van der Waals surface area contributed by atoms with Gasteiger partial charge >= 0.3 is 0 Å². The molecule has 2 aromatic carbocycles. The zero-order valence-electron chi connectivity index (χ0n) is 10.4. The van der Waals surface area contributed by atoms with Crippen molar-refractivity contribution in [2.24, 2.45) is 0 Å². The Balaban J connectivity index is 2.43. The summed E-state index contributed by atoms with van der Waals surface area (Å²) >= 11 is 11.6. The minimum absolute atomic E-state index is 0.00864. The summed E-state index contributed by atoms with van der Waals surface area (Å²) < 4.78 is 26.9. The third kappa shape index (κ3) is 3.17. The van der Waals surface area contributed by atoms with E-state index in [9.17, 15) is 13.5 Å². The lowest BCUT2D eigenvalue weighted by Crippen LogP contribution is -2.13. The van der Waals surface area contributed by atoms with Gasteiger partial charge in [-0.25, -0.2) is 8.42 Å². The maximum absolute atomic E-state index is 12.3. The number of benzene rings is 2. The molecule has 106 valence electrons. The first-order valence-corrected chi connectivity index (χ1v) is 7.81. The first kappa shape index (κ1) is 15.0. The normalized spacial score (nSPS) is 11.3. The number of sulfonamides is 1. The van der Waals surface area contributed by atoms with Crippen LogP contribution in [0.5, 0.6) is 5.75 Å². The van der Waals surface area contributed by atoms with E-state index in [2.05, 4.69) is 4.72 Å². The Morgan fingerprint density at radius 3 is 2.30 bits per heavy atom. The average molecular weight is 332 g/mol. The van der Waals surface area contributed by atoms with Gasteiger partial charge in [0.05, 0.1) is 10.6 Å². The maximum Gasteiger partial charge on any atom is 0.262 e. The maximum atomic E-state index is 12.3. The van der Waals surface area contributed by atoms with E-state index in [1.165, 1.54) is 24.3 Å². The van der Waals surface area contributed by atoms with E-state index in [1.54, 1.807) is 19.1 Å². The van der Waals surface area contributed by atoms with Gasteiger partial charge in [0.2, 0.25) is 0 Å². The molecule has 0 atom stereocenters. The largest absolute Gasteiger partial charge is 0.508 e. The van der Waals surface area contributed by atoms with Crippen molar-refractivity contribution in [1.82, 2.24) is 0 Å². The number of anilines is 1. The van der Waals surface area contributed by atoms with Crippen LogP contribution in [0, 0.1) is 6.92 Å². The zero-order valence-corrected chi connectivity index (χ0v) is 12.7. The Bertz CT molecular complexity index is 740. The highest BCUT2D eigenvalue weighted by Crippen LogP contribution is 2.28. The Morgan fingerprint density at radius 1 is 1.10 bits per heavy atom. The Kier molecular flexibility index (Phi) is 4.13. The van der Waals surface area contributed by atoms with E-state index >= 15 is 0 Å². The van der Waals surface area contributed by atoms with Gasteiger partial charge in [-0.05, 0) is 37.3 Å². The molecule has 20 heavy (non-hydrogen) atoms. The minimum Gasteiger partial charge on any atom is -0.508 e. The first-order valence-electron chi connectivity index (χ1n) is 5.57. The van der Waals surface area contributed by atoms with E-state index in [0.29, 0.717) is 11.3 Å². The van der Waals surface area contributed by atoms with Crippen LogP contribution in [0.4, 0.5) is 5.69 Å². The van der Waals surface area contributed by atoms with E-state index in [4.69, 9.17) is 23.2 Å². The monoisotopic (exact) mass is 331 g/mol.